The van der Waals surface area contributed by atoms with Crippen LogP contribution < -0.4 is 10.1 Å². The van der Waals surface area contributed by atoms with E-state index in [9.17, 15) is 9.18 Å². The number of amides is 2. The Balaban J connectivity index is 1.57. The number of para-hydroxylation sites is 1. The lowest BCUT2D eigenvalue weighted by atomic mass is 10.3. The Morgan fingerprint density at radius 1 is 1.30 bits per heavy atom. The first-order valence-electron chi connectivity index (χ1n) is 7.52. The summed E-state index contributed by atoms with van der Waals surface area (Å²) in [4.78, 5) is 18.1. The van der Waals surface area contributed by atoms with E-state index in [1.54, 1.807) is 23.1 Å². The molecule has 2 amide bonds. The van der Waals surface area contributed by atoms with Crippen LogP contribution in [0.1, 0.15) is 12.1 Å². The SMILES string of the molecule is Cc1cccc(OC2CCN(C(=O)Nc3ccccc3F)C2)n1. The fraction of sp³-hybridized carbons (Fsp3) is 0.294. The van der Waals surface area contributed by atoms with Crippen molar-refractivity contribution in [1.82, 2.24) is 9.88 Å². The molecule has 0 bridgehead atoms. The summed E-state index contributed by atoms with van der Waals surface area (Å²) in [7, 11) is 0. The van der Waals surface area contributed by atoms with Crippen molar-refractivity contribution in [3.63, 3.8) is 0 Å². The molecule has 1 aromatic heterocycles. The lowest BCUT2D eigenvalue weighted by Gasteiger charge is -2.18. The van der Waals surface area contributed by atoms with Crippen LogP contribution in [0.2, 0.25) is 0 Å². The number of benzene rings is 1. The van der Waals surface area contributed by atoms with Crippen molar-refractivity contribution in [2.75, 3.05) is 18.4 Å². The van der Waals surface area contributed by atoms with Gasteiger partial charge < -0.3 is 15.0 Å². The van der Waals surface area contributed by atoms with Gasteiger partial charge in [-0.2, -0.15) is 0 Å². The predicted octanol–water partition coefficient (Wildman–Crippen LogP) is 3.21. The van der Waals surface area contributed by atoms with E-state index in [2.05, 4.69) is 10.3 Å². The second-order valence-corrected chi connectivity index (χ2v) is 5.50. The number of nitrogens with one attached hydrogen (secondary N) is 1. The zero-order valence-corrected chi connectivity index (χ0v) is 12.8. The number of hydrogen-bond donors (Lipinski definition) is 1. The first-order valence-corrected chi connectivity index (χ1v) is 7.52. The van der Waals surface area contributed by atoms with Gasteiger partial charge in [0, 0.05) is 24.7 Å². The minimum absolute atomic E-state index is 0.101. The molecule has 1 aromatic carbocycles. The number of anilines is 1. The van der Waals surface area contributed by atoms with Gasteiger partial charge in [-0.3, -0.25) is 0 Å². The normalized spacial score (nSPS) is 17.1. The van der Waals surface area contributed by atoms with E-state index in [4.69, 9.17) is 4.74 Å². The fourth-order valence-corrected chi connectivity index (χ4v) is 2.52. The molecular weight excluding hydrogens is 297 g/mol. The Labute approximate surface area is 134 Å². The molecule has 1 N–H and O–H groups in total. The molecule has 0 aliphatic carbocycles. The molecule has 5 nitrogen and oxygen atoms in total. The van der Waals surface area contributed by atoms with Crippen LogP contribution in [0.4, 0.5) is 14.9 Å². The maximum atomic E-state index is 13.6. The summed E-state index contributed by atoms with van der Waals surface area (Å²) >= 11 is 0. The average Bonchev–Trinajstić information content (AvgIpc) is 2.98. The minimum atomic E-state index is -0.447. The number of aromatic nitrogens is 1. The van der Waals surface area contributed by atoms with Crippen molar-refractivity contribution < 1.29 is 13.9 Å². The highest BCUT2D eigenvalue weighted by molar-refractivity contribution is 5.89. The zero-order chi connectivity index (χ0) is 16.2. The van der Waals surface area contributed by atoms with Gasteiger partial charge in [0.2, 0.25) is 5.88 Å². The third kappa shape index (κ3) is 3.77. The van der Waals surface area contributed by atoms with Gasteiger partial charge in [0.05, 0.1) is 12.2 Å². The van der Waals surface area contributed by atoms with Crippen LogP contribution >= 0.6 is 0 Å². The number of ether oxygens (including phenoxy) is 1. The quantitative estimate of drug-likeness (QED) is 0.946. The second-order valence-electron chi connectivity index (χ2n) is 5.50. The number of urea groups is 1. The third-order valence-corrected chi connectivity index (χ3v) is 3.70. The summed E-state index contributed by atoms with van der Waals surface area (Å²) in [5.74, 6) is 0.114. The molecule has 1 aliphatic rings. The molecule has 3 rings (SSSR count). The largest absolute Gasteiger partial charge is 0.472 e. The maximum Gasteiger partial charge on any atom is 0.322 e. The summed E-state index contributed by atoms with van der Waals surface area (Å²) in [5, 5.41) is 2.59. The number of rotatable bonds is 3. The topological polar surface area (TPSA) is 54.5 Å². The van der Waals surface area contributed by atoms with Crippen molar-refractivity contribution in [2.45, 2.75) is 19.4 Å². The summed E-state index contributed by atoms with van der Waals surface area (Å²) in [5.41, 5.74) is 1.07. The monoisotopic (exact) mass is 315 g/mol. The maximum absolute atomic E-state index is 13.6. The predicted molar refractivity (Wildman–Crippen MR) is 85.0 cm³/mol. The second kappa shape index (κ2) is 6.64. The van der Waals surface area contributed by atoms with Gasteiger partial charge in [-0.1, -0.05) is 18.2 Å². The van der Waals surface area contributed by atoms with Gasteiger partial charge in [0.1, 0.15) is 11.9 Å². The number of pyridine rings is 1. The van der Waals surface area contributed by atoms with Crippen LogP contribution in [-0.4, -0.2) is 35.1 Å². The van der Waals surface area contributed by atoms with Gasteiger partial charge in [-0.25, -0.2) is 14.2 Å². The van der Waals surface area contributed by atoms with Crippen LogP contribution in [0.25, 0.3) is 0 Å². The van der Waals surface area contributed by atoms with Crippen molar-refractivity contribution >= 4 is 11.7 Å². The van der Waals surface area contributed by atoms with Gasteiger partial charge in [0.15, 0.2) is 0 Å². The summed E-state index contributed by atoms with van der Waals surface area (Å²) < 4.78 is 19.4. The molecule has 1 atom stereocenters. The molecule has 6 heteroatoms. The molecule has 1 saturated heterocycles. The molecular formula is C17H18FN3O2. The Kier molecular flexibility index (Phi) is 4.41. The average molecular weight is 315 g/mol. The van der Waals surface area contributed by atoms with Crippen LogP contribution in [0, 0.1) is 12.7 Å². The fourth-order valence-electron chi connectivity index (χ4n) is 2.52. The number of carbonyl (C=O) groups excluding carboxylic acids is 1. The van der Waals surface area contributed by atoms with E-state index in [1.165, 1.54) is 12.1 Å². The van der Waals surface area contributed by atoms with Crippen molar-refractivity contribution in [2.24, 2.45) is 0 Å². The Morgan fingerprint density at radius 3 is 2.91 bits per heavy atom. The first-order chi connectivity index (χ1) is 11.1. The standard InChI is InChI=1S/C17H18FN3O2/c1-12-5-4-8-16(19-12)23-13-9-10-21(11-13)17(22)20-15-7-3-2-6-14(15)18/h2-8,13H,9-11H2,1H3,(H,20,22). The third-order valence-electron chi connectivity index (χ3n) is 3.70. The lowest BCUT2D eigenvalue weighted by Crippen LogP contribution is -2.34. The minimum Gasteiger partial charge on any atom is -0.472 e. The zero-order valence-electron chi connectivity index (χ0n) is 12.8. The Bertz CT molecular complexity index is 708. The van der Waals surface area contributed by atoms with E-state index in [1.807, 2.05) is 19.1 Å². The highest BCUT2D eigenvalue weighted by atomic mass is 19.1. The molecule has 0 spiro atoms. The molecule has 0 saturated carbocycles. The van der Waals surface area contributed by atoms with Crippen LogP contribution in [0.5, 0.6) is 5.88 Å². The van der Waals surface area contributed by atoms with Crippen LogP contribution in [-0.2, 0) is 0 Å². The van der Waals surface area contributed by atoms with E-state index in [0.29, 0.717) is 19.0 Å². The molecule has 1 fully saturated rings. The van der Waals surface area contributed by atoms with E-state index >= 15 is 0 Å². The lowest BCUT2D eigenvalue weighted by molar-refractivity contribution is 0.189. The smallest absolute Gasteiger partial charge is 0.322 e. The summed E-state index contributed by atoms with van der Waals surface area (Å²) in [6, 6.07) is 11.4. The van der Waals surface area contributed by atoms with Crippen molar-refractivity contribution in [1.29, 1.82) is 0 Å². The number of aryl methyl sites for hydroxylation is 1. The van der Waals surface area contributed by atoms with Gasteiger partial charge in [-0.05, 0) is 25.1 Å². The van der Waals surface area contributed by atoms with Crippen molar-refractivity contribution in [3.05, 3.63) is 54.0 Å². The summed E-state index contributed by atoms with van der Waals surface area (Å²) in [6.45, 7) is 2.92. The number of halogens is 1. The number of likely N-dealkylation sites (tertiary alicyclic amines) is 1. The van der Waals surface area contributed by atoms with Gasteiger partial charge in [-0.15, -0.1) is 0 Å². The highest BCUT2D eigenvalue weighted by Crippen LogP contribution is 2.19. The van der Waals surface area contributed by atoms with Crippen LogP contribution in [0.15, 0.2) is 42.5 Å². The molecule has 23 heavy (non-hydrogen) atoms. The molecule has 1 unspecified atom stereocenters. The Hall–Kier alpha value is -2.63. The molecule has 120 valence electrons. The first kappa shape index (κ1) is 15.3. The number of carbonyl (C=O) groups is 1. The van der Waals surface area contributed by atoms with E-state index in [-0.39, 0.29) is 17.8 Å². The molecule has 2 heterocycles. The summed E-state index contributed by atoms with van der Waals surface area (Å²) in [6.07, 6.45) is 0.621. The van der Waals surface area contributed by atoms with E-state index < -0.39 is 5.82 Å². The molecule has 2 aromatic rings. The van der Waals surface area contributed by atoms with Gasteiger partial charge >= 0.3 is 6.03 Å². The molecule has 1 aliphatic heterocycles. The van der Waals surface area contributed by atoms with Gasteiger partial charge in [0.25, 0.3) is 0 Å². The van der Waals surface area contributed by atoms with E-state index in [0.717, 1.165) is 12.1 Å². The number of hydrogen-bond acceptors (Lipinski definition) is 3. The van der Waals surface area contributed by atoms with Crippen molar-refractivity contribution in [3.8, 4) is 5.88 Å². The highest BCUT2D eigenvalue weighted by Gasteiger charge is 2.28. The molecule has 0 radical (unpaired) electrons. The van der Waals surface area contributed by atoms with Crippen LogP contribution in [0.3, 0.4) is 0 Å². The number of nitrogens with zero attached hydrogens (tertiary/aromatic N) is 2. The Morgan fingerprint density at radius 2 is 2.13 bits per heavy atom.